The number of rotatable bonds is 64. The molecule has 0 aliphatic rings. The predicted octanol–water partition coefficient (Wildman–Crippen LogP) is 24.4. The van der Waals surface area contributed by atoms with Crippen LogP contribution in [0.15, 0.2) is 97.2 Å². The number of carbonyl (C=O) groups is 3. The molecule has 0 aromatic carbocycles. The first-order valence-corrected chi connectivity index (χ1v) is 35.2. The van der Waals surface area contributed by atoms with Crippen molar-refractivity contribution >= 4 is 17.9 Å². The number of carbonyl (C=O) groups excluding carboxylic acids is 3. The first-order chi connectivity index (χ1) is 40.5. The molecule has 0 bridgehead atoms. The van der Waals surface area contributed by atoms with E-state index in [0.717, 1.165) is 109 Å². The van der Waals surface area contributed by atoms with Crippen LogP contribution in [0.25, 0.3) is 0 Å². The molecule has 0 N–H and O–H groups in total. The topological polar surface area (TPSA) is 78.9 Å². The quantitative estimate of drug-likeness (QED) is 0.0261. The molecule has 0 aromatic rings. The van der Waals surface area contributed by atoms with E-state index in [4.69, 9.17) is 14.2 Å². The summed E-state index contributed by atoms with van der Waals surface area (Å²) < 4.78 is 17.0. The number of ether oxygens (including phenoxy) is 3. The maximum absolute atomic E-state index is 12.9. The molecule has 0 amide bonds. The Morgan fingerprint density at radius 1 is 0.256 bits per heavy atom. The fourth-order valence-corrected chi connectivity index (χ4v) is 10.0. The summed E-state index contributed by atoms with van der Waals surface area (Å²) in [5.41, 5.74) is 0. The molecule has 0 aromatic heterocycles. The molecule has 0 aliphatic heterocycles. The summed E-state index contributed by atoms with van der Waals surface area (Å²) >= 11 is 0. The number of allylic oxidation sites excluding steroid dienone is 16. The summed E-state index contributed by atoms with van der Waals surface area (Å²) in [6, 6.07) is 0. The fraction of sp³-hybridized carbons (Fsp3) is 0.750. The van der Waals surface area contributed by atoms with Gasteiger partial charge in [0.2, 0.25) is 0 Å². The summed E-state index contributed by atoms with van der Waals surface area (Å²) in [6.45, 7) is 6.52. The molecule has 0 aliphatic carbocycles. The number of unbranched alkanes of at least 4 members (excludes halogenated alkanes) is 37. The third-order valence-corrected chi connectivity index (χ3v) is 15.3. The van der Waals surface area contributed by atoms with E-state index in [9.17, 15) is 14.4 Å². The highest BCUT2D eigenvalue weighted by Crippen LogP contribution is 2.17. The van der Waals surface area contributed by atoms with Crippen LogP contribution >= 0.6 is 0 Å². The van der Waals surface area contributed by atoms with E-state index in [0.29, 0.717) is 19.3 Å². The lowest BCUT2D eigenvalue weighted by Gasteiger charge is -2.18. The van der Waals surface area contributed by atoms with Crippen LogP contribution in [-0.4, -0.2) is 37.2 Å². The second kappa shape index (κ2) is 69.8. The monoisotopic (exact) mass is 1140 g/mol. The Hall–Kier alpha value is -3.67. The predicted molar refractivity (Wildman–Crippen MR) is 357 cm³/mol. The summed E-state index contributed by atoms with van der Waals surface area (Å²) in [6.07, 6.45) is 94.3. The van der Waals surface area contributed by atoms with Gasteiger partial charge in [-0.3, -0.25) is 14.4 Å². The first-order valence-electron chi connectivity index (χ1n) is 35.2. The summed E-state index contributed by atoms with van der Waals surface area (Å²) in [5, 5.41) is 0. The molecule has 0 saturated heterocycles. The molecule has 0 saturated carbocycles. The normalized spacial score (nSPS) is 12.7. The highest BCUT2D eigenvalue weighted by atomic mass is 16.6. The van der Waals surface area contributed by atoms with Crippen LogP contribution < -0.4 is 0 Å². The molecule has 472 valence electrons. The highest BCUT2D eigenvalue weighted by molar-refractivity contribution is 5.71. The second-order valence-corrected chi connectivity index (χ2v) is 23.4. The van der Waals surface area contributed by atoms with Crippen molar-refractivity contribution in [3.63, 3.8) is 0 Å². The SMILES string of the molecule is CC/C=C\C/C=C\C/C=C\C/C=C\CCCCCCCCCCCCCCCCCCC(=O)OCC(COC(=O)CCCCCCC/C=C\CCCCC)OC(=O)CCCCCCCCCC/C=C\C/C=C\C/C=C\CCCCCCC. The van der Waals surface area contributed by atoms with Crippen LogP contribution in [0.1, 0.15) is 348 Å². The number of hydrogen-bond donors (Lipinski definition) is 0. The Kier molecular flexibility index (Phi) is 66.7. The van der Waals surface area contributed by atoms with E-state index in [1.807, 2.05) is 0 Å². The standard InChI is InChI=1S/C76H132O6/c1-4-7-10-13-16-19-22-25-27-29-31-33-35-36-37-38-39-40-42-43-45-47-49-51-54-57-60-63-66-69-75(78)81-72-73(71-80-74(77)68-65-62-59-56-53-24-21-18-15-12-9-6-3)82-76(79)70-67-64-61-58-55-52-50-48-46-44-41-34-32-30-28-26-23-20-17-14-11-8-5-2/h7,10,16,18-19,21,23,25-27,30-33,41,44,73H,4-6,8-9,11-15,17,20,22,24,28-29,34-40,42-43,45-72H2,1-3H3/b10-7-,19-16-,21-18-,26-23-,27-25-,32-30-,33-31-,44-41-. The van der Waals surface area contributed by atoms with E-state index in [2.05, 4.69) is 118 Å². The molecule has 82 heavy (non-hydrogen) atoms. The van der Waals surface area contributed by atoms with Crippen molar-refractivity contribution in [1.29, 1.82) is 0 Å². The zero-order valence-corrected chi connectivity index (χ0v) is 54.2. The van der Waals surface area contributed by atoms with Gasteiger partial charge < -0.3 is 14.2 Å². The maximum Gasteiger partial charge on any atom is 0.306 e. The van der Waals surface area contributed by atoms with Gasteiger partial charge in [0.05, 0.1) is 0 Å². The van der Waals surface area contributed by atoms with Crippen LogP contribution in [-0.2, 0) is 28.6 Å². The highest BCUT2D eigenvalue weighted by Gasteiger charge is 2.19. The maximum atomic E-state index is 12.9. The van der Waals surface area contributed by atoms with E-state index in [1.165, 1.54) is 199 Å². The van der Waals surface area contributed by atoms with Gasteiger partial charge in [-0.15, -0.1) is 0 Å². The van der Waals surface area contributed by atoms with Crippen molar-refractivity contribution in [2.24, 2.45) is 0 Å². The minimum absolute atomic E-state index is 0.0806. The van der Waals surface area contributed by atoms with Crippen molar-refractivity contribution in [2.45, 2.75) is 354 Å². The molecule has 1 unspecified atom stereocenters. The molecule has 1 atom stereocenters. The third-order valence-electron chi connectivity index (χ3n) is 15.3. The lowest BCUT2D eigenvalue weighted by Crippen LogP contribution is -2.30. The fourth-order valence-electron chi connectivity index (χ4n) is 10.0. The zero-order chi connectivity index (χ0) is 59.2. The van der Waals surface area contributed by atoms with Gasteiger partial charge in [-0.1, -0.05) is 304 Å². The van der Waals surface area contributed by atoms with Crippen molar-refractivity contribution < 1.29 is 28.6 Å². The van der Waals surface area contributed by atoms with Gasteiger partial charge >= 0.3 is 17.9 Å². The average Bonchev–Trinajstić information content (AvgIpc) is 3.47. The van der Waals surface area contributed by atoms with Crippen LogP contribution in [0, 0.1) is 0 Å². The lowest BCUT2D eigenvalue weighted by atomic mass is 10.0. The Bertz CT molecular complexity index is 1590. The Morgan fingerprint density at radius 3 is 0.780 bits per heavy atom. The van der Waals surface area contributed by atoms with Gasteiger partial charge in [0.1, 0.15) is 13.2 Å². The van der Waals surface area contributed by atoms with Gasteiger partial charge in [0.15, 0.2) is 6.10 Å². The van der Waals surface area contributed by atoms with Gasteiger partial charge in [-0.25, -0.2) is 0 Å². The minimum atomic E-state index is -0.786. The van der Waals surface area contributed by atoms with Gasteiger partial charge in [-0.2, -0.15) is 0 Å². The van der Waals surface area contributed by atoms with Crippen molar-refractivity contribution in [3.8, 4) is 0 Å². The molecular weight excluding hydrogens is 1010 g/mol. The van der Waals surface area contributed by atoms with Crippen molar-refractivity contribution in [2.75, 3.05) is 13.2 Å². The summed E-state index contributed by atoms with van der Waals surface area (Å²) in [4.78, 5) is 38.4. The van der Waals surface area contributed by atoms with E-state index in [1.54, 1.807) is 0 Å². The second-order valence-electron chi connectivity index (χ2n) is 23.4. The zero-order valence-electron chi connectivity index (χ0n) is 54.2. The van der Waals surface area contributed by atoms with Crippen molar-refractivity contribution in [1.82, 2.24) is 0 Å². The van der Waals surface area contributed by atoms with E-state index in [-0.39, 0.29) is 31.1 Å². The molecule has 0 heterocycles. The van der Waals surface area contributed by atoms with Crippen molar-refractivity contribution in [3.05, 3.63) is 97.2 Å². The lowest BCUT2D eigenvalue weighted by molar-refractivity contribution is -0.167. The van der Waals surface area contributed by atoms with Crippen LogP contribution in [0.4, 0.5) is 0 Å². The Balaban J connectivity index is 4.24. The Morgan fingerprint density at radius 2 is 0.476 bits per heavy atom. The van der Waals surface area contributed by atoms with E-state index < -0.39 is 6.10 Å². The molecule has 0 rings (SSSR count). The number of hydrogen-bond acceptors (Lipinski definition) is 6. The third kappa shape index (κ3) is 67.1. The van der Waals surface area contributed by atoms with Gasteiger partial charge in [0.25, 0.3) is 0 Å². The van der Waals surface area contributed by atoms with E-state index >= 15 is 0 Å². The average molecular weight is 1140 g/mol. The van der Waals surface area contributed by atoms with Crippen LogP contribution in [0.3, 0.4) is 0 Å². The van der Waals surface area contributed by atoms with Crippen LogP contribution in [0.5, 0.6) is 0 Å². The first kappa shape index (κ1) is 78.3. The summed E-state index contributed by atoms with van der Waals surface area (Å²) in [7, 11) is 0. The molecule has 6 heteroatoms. The van der Waals surface area contributed by atoms with Gasteiger partial charge in [0, 0.05) is 19.3 Å². The Labute approximate surface area is 508 Å². The summed E-state index contributed by atoms with van der Waals surface area (Å²) in [5.74, 6) is -0.882. The molecule has 6 nitrogen and oxygen atoms in total. The van der Waals surface area contributed by atoms with Gasteiger partial charge in [-0.05, 0) is 122 Å². The molecule has 0 radical (unpaired) electrons. The molecular formula is C76H132O6. The van der Waals surface area contributed by atoms with Crippen LogP contribution in [0.2, 0.25) is 0 Å². The number of esters is 3. The molecule has 0 spiro atoms. The largest absolute Gasteiger partial charge is 0.462 e. The molecule has 0 fully saturated rings. The smallest absolute Gasteiger partial charge is 0.306 e. The minimum Gasteiger partial charge on any atom is -0.462 e.